The number of hydrogen-bond acceptors (Lipinski definition) is 5. The first kappa shape index (κ1) is 17.7. The molecule has 0 fully saturated rings. The molecule has 6 nitrogen and oxygen atoms in total. The summed E-state index contributed by atoms with van der Waals surface area (Å²) in [6, 6.07) is 6.46. The van der Waals surface area contributed by atoms with Crippen molar-refractivity contribution in [2.45, 2.75) is 25.7 Å². The largest absolute Gasteiger partial charge is 0.437 e. The number of nitrogens with one attached hydrogen (secondary N) is 1. The molecule has 0 unspecified atom stereocenters. The molecule has 0 radical (unpaired) electrons. The van der Waals surface area contributed by atoms with Gasteiger partial charge in [0.1, 0.15) is 5.75 Å². The second-order valence-corrected chi connectivity index (χ2v) is 4.87. The van der Waals surface area contributed by atoms with Crippen molar-refractivity contribution in [1.82, 2.24) is 15.3 Å². The summed E-state index contributed by atoms with van der Waals surface area (Å²) in [5.41, 5.74) is 1.14. The highest BCUT2D eigenvalue weighted by Gasteiger charge is 2.43. The zero-order valence-electron chi connectivity index (χ0n) is 12.5. The molecule has 0 bridgehead atoms. The smallest absolute Gasteiger partial charge is 0.423 e. The van der Waals surface area contributed by atoms with Crippen molar-refractivity contribution in [2.24, 2.45) is 0 Å². The van der Waals surface area contributed by atoms with Gasteiger partial charge in [0, 0.05) is 24.0 Å². The van der Waals surface area contributed by atoms with Crippen molar-refractivity contribution in [1.29, 1.82) is 0 Å². The van der Waals surface area contributed by atoms with Gasteiger partial charge in [-0.2, -0.15) is 13.2 Å². The third kappa shape index (κ3) is 4.66. The summed E-state index contributed by atoms with van der Waals surface area (Å²) in [6.45, 7) is 1.52. The fourth-order valence-corrected chi connectivity index (χ4v) is 1.70. The minimum absolute atomic E-state index is 0.116. The van der Waals surface area contributed by atoms with E-state index in [-0.39, 0.29) is 12.4 Å². The van der Waals surface area contributed by atoms with Crippen molar-refractivity contribution >= 4 is 5.91 Å². The number of aliphatic hydroxyl groups is 1. The molecule has 0 aliphatic carbocycles. The topological polar surface area (TPSA) is 84.3 Å². The first-order valence-corrected chi connectivity index (χ1v) is 6.84. The number of aryl methyl sites for hydroxylation is 1. The van der Waals surface area contributed by atoms with Crippen LogP contribution in [0.1, 0.15) is 11.3 Å². The van der Waals surface area contributed by atoms with Crippen LogP contribution in [0.3, 0.4) is 0 Å². The van der Waals surface area contributed by atoms with E-state index in [4.69, 9.17) is 9.84 Å². The van der Waals surface area contributed by atoms with Crippen molar-refractivity contribution in [2.75, 3.05) is 0 Å². The number of nitrogens with zero attached hydrogens (tertiary/aromatic N) is 2. The van der Waals surface area contributed by atoms with Gasteiger partial charge in [-0.15, -0.1) is 0 Å². The quantitative estimate of drug-likeness (QED) is 0.870. The molecule has 1 atom stereocenters. The zero-order chi connectivity index (χ0) is 17.7. The molecule has 128 valence electrons. The predicted octanol–water partition coefficient (Wildman–Crippen LogP) is 2.12. The SMILES string of the molecule is Cc1ccc(Oc2ncccc2CNC(=O)[C@@H](O)C(F)(F)F)cn1. The summed E-state index contributed by atoms with van der Waals surface area (Å²) >= 11 is 0. The van der Waals surface area contributed by atoms with E-state index in [0.29, 0.717) is 11.3 Å². The van der Waals surface area contributed by atoms with E-state index in [1.165, 1.54) is 18.5 Å². The summed E-state index contributed by atoms with van der Waals surface area (Å²) in [6.07, 6.45) is -5.20. The number of carbonyl (C=O) groups excluding carboxylic acids is 1. The highest BCUT2D eigenvalue weighted by molar-refractivity contribution is 5.81. The number of hydrogen-bond donors (Lipinski definition) is 2. The Morgan fingerprint density at radius 2 is 2.08 bits per heavy atom. The number of amides is 1. The molecule has 24 heavy (non-hydrogen) atoms. The van der Waals surface area contributed by atoms with Crippen molar-refractivity contribution in [3.8, 4) is 11.6 Å². The number of ether oxygens (including phenoxy) is 1. The maximum atomic E-state index is 12.3. The first-order valence-electron chi connectivity index (χ1n) is 6.84. The van der Waals surface area contributed by atoms with Crippen LogP contribution >= 0.6 is 0 Å². The van der Waals surface area contributed by atoms with Gasteiger partial charge in [0.15, 0.2) is 0 Å². The van der Waals surface area contributed by atoms with Crippen LogP contribution in [0.5, 0.6) is 11.6 Å². The van der Waals surface area contributed by atoms with Gasteiger partial charge in [-0.25, -0.2) is 4.98 Å². The average Bonchev–Trinajstić information content (AvgIpc) is 2.54. The highest BCUT2D eigenvalue weighted by atomic mass is 19.4. The summed E-state index contributed by atoms with van der Waals surface area (Å²) < 4.78 is 42.3. The minimum Gasteiger partial charge on any atom is -0.437 e. The third-order valence-electron chi connectivity index (χ3n) is 2.96. The zero-order valence-corrected chi connectivity index (χ0v) is 12.5. The van der Waals surface area contributed by atoms with E-state index >= 15 is 0 Å². The highest BCUT2D eigenvalue weighted by Crippen LogP contribution is 2.23. The number of alkyl halides is 3. The molecule has 9 heteroatoms. The Morgan fingerprint density at radius 1 is 1.33 bits per heavy atom. The maximum absolute atomic E-state index is 12.3. The van der Waals surface area contributed by atoms with E-state index in [1.54, 1.807) is 25.1 Å². The minimum atomic E-state index is -5.02. The van der Waals surface area contributed by atoms with Gasteiger partial charge in [-0.1, -0.05) is 6.07 Å². The van der Waals surface area contributed by atoms with Crippen LogP contribution in [0.4, 0.5) is 13.2 Å². The molecule has 0 aliphatic heterocycles. The van der Waals surface area contributed by atoms with Crippen molar-refractivity contribution in [3.63, 3.8) is 0 Å². The van der Waals surface area contributed by atoms with Crippen molar-refractivity contribution < 1.29 is 27.8 Å². The molecule has 2 N–H and O–H groups in total. The second kappa shape index (κ2) is 7.26. The lowest BCUT2D eigenvalue weighted by atomic mass is 10.2. The number of halogens is 3. The number of rotatable bonds is 5. The Balaban J connectivity index is 2.06. The standard InChI is InChI=1S/C15H14F3N3O3/c1-9-4-5-11(8-20-9)24-14-10(3-2-6-19-14)7-21-13(23)12(22)15(16,17)18/h2-6,8,12,22H,7H2,1H3,(H,21,23)/t12-/m1/s1. The van der Waals surface area contributed by atoms with Crippen LogP contribution in [0.25, 0.3) is 0 Å². The Labute approximate surface area is 135 Å². The summed E-state index contributed by atoms with van der Waals surface area (Å²) in [5, 5.41) is 10.9. The summed E-state index contributed by atoms with van der Waals surface area (Å²) in [5.74, 6) is -1.04. The molecule has 2 heterocycles. The predicted molar refractivity (Wildman–Crippen MR) is 77.2 cm³/mol. The molecule has 2 aromatic heterocycles. The molecule has 1 amide bonds. The molecule has 0 aliphatic rings. The molecule has 0 saturated carbocycles. The molecular weight excluding hydrogens is 327 g/mol. The Bertz CT molecular complexity index is 705. The summed E-state index contributed by atoms with van der Waals surface area (Å²) in [4.78, 5) is 19.3. The van der Waals surface area contributed by atoms with Gasteiger partial charge in [-0.05, 0) is 25.1 Å². The van der Waals surface area contributed by atoms with Gasteiger partial charge in [0.05, 0.1) is 6.20 Å². The Kier molecular flexibility index (Phi) is 5.35. The van der Waals surface area contributed by atoms with Gasteiger partial charge in [-0.3, -0.25) is 9.78 Å². The lowest BCUT2D eigenvalue weighted by Crippen LogP contribution is -2.43. The Morgan fingerprint density at radius 3 is 2.71 bits per heavy atom. The van der Waals surface area contributed by atoms with E-state index < -0.39 is 18.2 Å². The van der Waals surface area contributed by atoms with Gasteiger partial charge >= 0.3 is 6.18 Å². The number of aromatic nitrogens is 2. The molecule has 0 saturated heterocycles. The molecule has 2 aromatic rings. The number of carbonyl (C=O) groups is 1. The lowest BCUT2D eigenvalue weighted by molar-refractivity contribution is -0.205. The fraction of sp³-hybridized carbons (Fsp3) is 0.267. The van der Waals surface area contributed by atoms with Crippen LogP contribution in [0.2, 0.25) is 0 Å². The number of pyridine rings is 2. The fourth-order valence-electron chi connectivity index (χ4n) is 1.70. The van der Waals surface area contributed by atoms with Crippen LogP contribution in [-0.4, -0.2) is 33.3 Å². The normalized spacial score (nSPS) is 12.5. The molecule has 0 aromatic carbocycles. The second-order valence-electron chi connectivity index (χ2n) is 4.87. The van der Waals surface area contributed by atoms with Crippen LogP contribution in [-0.2, 0) is 11.3 Å². The van der Waals surface area contributed by atoms with E-state index in [2.05, 4.69) is 9.97 Å². The van der Waals surface area contributed by atoms with Crippen LogP contribution in [0, 0.1) is 6.92 Å². The first-order chi connectivity index (χ1) is 11.3. The monoisotopic (exact) mass is 341 g/mol. The average molecular weight is 341 g/mol. The van der Waals surface area contributed by atoms with Gasteiger partial charge < -0.3 is 15.2 Å². The van der Waals surface area contributed by atoms with E-state index in [9.17, 15) is 18.0 Å². The maximum Gasteiger partial charge on any atom is 0.423 e. The molecule has 2 rings (SSSR count). The van der Waals surface area contributed by atoms with Gasteiger partial charge in [0.2, 0.25) is 12.0 Å². The van der Waals surface area contributed by atoms with Crippen LogP contribution in [0.15, 0.2) is 36.7 Å². The number of aliphatic hydroxyl groups excluding tert-OH is 1. The van der Waals surface area contributed by atoms with Crippen molar-refractivity contribution in [3.05, 3.63) is 47.9 Å². The molecule has 0 spiro atoms. The van der Waals surface area contributed by atoms with Crippen LogP contribution < -0.4 is 10.1 Å². The van der Waals surface area contributed by atoms with Gasteiger partial charge in [0.25, 0.3) is 5.91 Å². The third-order valence-corrected chi connectivity index (χ3v) is 2.96. The molecular formula is C15H14F3N3O3. The van der Waals surface area contributed by atoms with E-state index in [1.807, 2.05) is 5.32 Å². The van der Waals surface area contributed by atoms with E-state index in [0.717, 1.165) is 5.69 Å². The Hall–Kier alpha value is -2.68. The summed E-state index contributed by atoms with van der Waals surface area (Å²) in [7, 11) is 0. The lowest BCUT2D eigenvalue weighted by Gasteiger charge is -2.15.